The summed E-state index contributed by atoms with van der Waals surface area (Å²) in [6.07, 6.45) is 2.21. The molecule has 2 aromatic carbocycles. The van der Waals surface area contributed by atoms with Crippen LogP contribution >= 0.6 is 0 Å². The molecule has 2 atom stereocenters. The van der Waals surface area contributed by atoms with Crippen molar-refractivity contribution in [3.63, 3.8) is 0 Å². The highest BCUT2D eigenvalue weighted by atomic mass is 16.2. The monoisotopic (exact) mass is 433 g/mol. The van der Waals surface area contributed by atoms with E-state index in [-0.39, 0.29) is 23.8 Å². The molecule has 0 radical (unpaired) electrons. The Hall–Kier alpha value is -3.15. The maximum Gasteiger partial charge on any atom is 0.325 e. The van der Waals surface area contributed by atoms with Crippen LogP contribution in [0.25, 0.3) is 0 Å². The van der Waals surface area contributed by atoms with Gasteiger partial charge in [-0.1, -0.05) is 69.3 Å². The van der Waals surface area contributed by atoms with E-state index in [1.165, 1.54) is 0 Å². The third-order valence-corrected chi connectivity index (χ3v) is 6.47. The molecule has 2 aromatic rings. The number of amides is 4. The molecule has 2 aliphatic rings. The molecule has 0 unspecified atom stereocenters. The highest BCUT2D eigenvalue weighted by Gasteiger charge is 2.56. The minimum atomic E-state index is -0.907. The van der Waals surface area contributed by atoms with Gasteiger partial charge in [-0.15, -0.1) is 0 Å². The lowest BCUT2D eigenvalue weighted by molar-refractivity contribution is -0.137. The van der Waals surface area contributed by atoms with E-state index in [2.05, 4.69) is 26.1 Å². The Morgan fingerprint density at radius 1 is 1.03 bits per heavy atom. The number of hydrogen-bond acceptors (Lipinski definition) is 3. The standard InChI is InChI=1S/C26H31N3O3/c1-19-14-25(2,3)18-26(15-19)23(31)29(24(32)27-26)17-22(30)28(21-12-8-5-9-13-21)16-20-10-6-4-7-11-20/h4-13,19H,14-18H2,1-3H3,(H,27,32)/t19-,26+/m1/s1. The summed E-state index contributed by atoms with van der Waals surface area (Å²) < 4.78 is 0. The molecule has 4 amide bonds. The molecule has 1 aliphatic heterocycles. The van der Waals surface area contributed by atoms with Crippen molar-refractivity contribution in [2.24, 2.45) is 11.3 Å². The number of rotatable bonds is 5. The lowest BCUT2D eigenvalue weighted by Gasteiger charge is -2.43. The largest absolute Gasteiger partial charge is 0.325 e. The van der Waals surface area contributed by atoms with E-state index < -0.39 is 11.6 Å². The van der Waals surface area contributed by atoms with Crippen LogP contribution in [-0.2, 0) is 16.1 Å². The zero-order valence-electron chi connectivity index (χ0n) is 19.0. The Labute approximate surface area is 189 Å². The number of carbonyl (C=O) groups is 3. The number of anilines is 1. The fraction of sp³-hybridized carbons (Fsp3) is 0.423. The summed E-state index contributed by atoms with van der Waals surface area (Å²) >= 11 is 0. The Morgan fingerprint density at radius 2 is 1.66 bits per heavy atom. The van der Waals surface area contributed by atoms with Crippen molar-refractivity contribution in [3.8, 4) is 0 Å². The molecule has 6 nitrogen and oxygen atoms in total. The minimum absolute atomic E-state index is 0.0516. The van der Waals surface area contributed by atoms with Crippen LogP contribution in [0.1, 0.15) is 45.6 Å². The first-order valence-electron chi connectivity index (χ1n) is 11.2. The van der Waals surface area contributed by atoms with Gasteiger partial charge in [-0.2, -0.15) is 0 Å². The van der Waals surface area contributed by atoms with Crippen molar-refractivity contribution in [1.82, 2.24) is 10.2 Å². The normalized spacial score (nSPS) is 24.5. The lowest BCUT2D eigenvalue weighted by Crippen LogP contribution is -2.54. The average Bonchev–Trinajstić information content (AvgIpc) is 2.95. The van der Waals surface area contributed by atoms with Crippen molar-refractivity contribution < 1.29 is 14.4 Å². The second-order valence-corrected chi connectivity index (χ2v) is 10.1. The molecule has 0 bridgehead atoms. The fourth-order valence-corrected chi connectivity index (χ4v) is 5.57. The molecule has 0 aromatic heterocycles. The van der Waals surface area contributed by atoms with Crippen molar-refractivity contribution in [2.75, 3.05) is 11.4 Å². The van der Waals surface area contributed by atoms with Crippen LogP contribution in [0.2, 0.25) is 0 Å². The number of nitrogens with one attached hydrogen (secondary N) is 1. The van der Waals surface area contributed by atoms with E-state index in [0.717, 1.165) is 22.6 Å². The second-order valence-electron chi connectivity index (χ2n) is 10.1. The van der Waals surface area contributed by atoms with Crippen LogP contribution in [0.15, 0.2) is 60.7 Å². The summed E-state index contributed by atoms with van der Waals surface area (Å²) in [5.74, 6) is -0.246. The van der Waals surface area contributed by atoms with Crippen LogP contribution in [0.5, 0.6) is 0 Å². The van der Waals surface area contributed by atoms with Gasteiger partial charge in [0, 0.05) is 5.69 Å². The van der Waals surface area contributed by atoms with E-state index in [1.807, 2.05) is 60.7 Å². The van der Waals surface area contributed by atoms with Gasteiger partial charge < -0.3 is 10.2 Å². The summed E-state index contributed by atoms with van der Waals surface area (Å²) in [4.78, 5) is 42.5. The van der Waals surface area contributed by atoms with E-state index >= 15 is 0 Å². The van der Waals surface area contributed by atoms with Gasteiger partial charge in [0.05, 0.1) is 6.54 Å². The maximum atomic E-state index is 13.5. The Morgan fingerprint density at radius 3 is 2.28 bits per heavy atom. The SMILES string of the molecule is C[C@@H]1CC(C)(C)C[C@]2(C1)NC(=O)N(CC(=O)N(Cc1ccccc1)c1ccccc1)C2=O. The van der Waals surface area contributed by atoms with Crippen molar-refractivity contribution in [1.29, 1.82) is 0 Å². The number of benzene rings is 2. The lowest BCUT2D eigenvalue weighted by atomic mass is 9.64. The number of carbonyl (C=O) groups excluding carboxylic acids is 3. The summed E-state index contributed by atoms with van der Waals surface area (Å²) in [7, 11) is 0. The van der Waals surface area contributed by atoms with Crippen LogP contribution in [0.3, 0.4) is 0 Å². The molecule has 1 N–H and O–H groups in total. The summed E-state index contributed by atoms with van der Waals surface area (Å²) in [5, 5.41) is 2.96. The van der Waals surface area contributed by atoms with Gasteiger partial charge in [0.25, 0.3) is 5.91 Å². The number of nitrogens with zero attached hydrogens (tertiary/aromatic N) is 2. The molecule has 2 fully saturated rings. The Kier molecular flexibility index (Phi) is 5.80. The molecular formula is C26H31N3O3. The Bertz CT molecular complexity index is 1010. The van der Waals surface area contributed by atoms with Gasteiger partial charge in [0.15, 0.2) is 0 Å². The second kappa shape index (κ2) is 8.41. The average molecular weight is 434 g/mol. The highest BCUT2D eigenvalue weighted by Crippen LogP contribution is 2.46. The topological polar surface area (TPSA) is 69.7 Å². The smallest absolute Gasteiger partial charge is 0.323 e. The molecule has 4 rings (SSSR count). The van der Waals surface area contributed by atoms with Gasteiger partial charge >= 0.3 is 6.03 Å². The number of urea groups is 1. The minimum Gasteiger partial charge on any atom is -0.323 e. The number of para-hydroxylation sites is 1. The molecule has 168 valence electrons. The first-order chi connectivity index (χ1) is 15.2. The molecule has 1 spiro atoms. The molecule has 1 aliphatic carbocycles. The number of imide groups is 1. The quantitative estimate of drug-likeness (QED) is 0.713. The van der Waals surface area contributed by atoms with Gasteiger partial charge in [0.1, 0.15) is 12.1 Å². The van der Waals surface area contributed by atoms with Gasteiger partial charge in [0.2, 0.25) is 5.91 Å². The highest BCUT2D eigenvalue weighted by molar-refractivity contribution is 6.10. The molecule has 1 saturated carbocycles. The van der Waals surface area contributed by atoms with Crippen LogP contribution in [-0.4, -0.2) is 34.8 Å². The molecule has 32 heavy (non-hydrogen) atoms. The van der Waals surface area contributed by atoms with E-state index in [1.54, 1.807) is 4.90 Å². The van der Waals surface area contributed by atoms with Crippen LogP contribution in [0, 0.1) is 11.3 Å². The molecule has 1 saturated heterocycles. The summed E-state index contributed by atoms with van der Waals surface area (Å²) in [6, 6.07) is 18.6. The number of hydrogen-bond donors (Lipinski definition) is 1. The molecular weight excluding hydrogens is 402 g/mol. The van der Waals surface area contributed by atoms with Crippen LogP contribution < -0.4 is 10.2 Å². The van der Waals surface area contributed by atoms with Gasteiger partial charge in [-0.05, 0) is 48.3 Å². The van der Waals surface area contributed by atoms with Gasteiger partial charge in [-0.25, -0.2) is 4.79 Å². The van der Waals surface area contributed by atoms with E-state index in [9.17, 15) is 14.4 Å². The van der Waals surface area contributed by atoms with Crippen molar-refractivity contribution in [2.45, 2.75) is 52.1 Å². The first-order valence-corrected chi connectivity index (χ1v) is 11.2. The first kappa shape index (κ1) is 22.1. The van der Waals surface area contributed by atoms with Gasteiger partial charge in [-0.3, -0.25) is 14.5 Å². The third kappa shape index (κ3) is 4.40. The maximum absolute atomic E-state index is 13.5. The van der Waals surface area contributed by atoms with Crippen LogP contribution in [0.4, 0.5) is 10.5 Å². The summed E-state index contributed by atoms with van der Waals surface area (Å²) in [6.45, 7) is 6.47. The molecule has 1 heterocycles. The van der Waals surface area contributed by atoms with Crippen molar-refractivity contribution >= 4 is 23.5 Å². The van der Waals surface area contributed by atoms with E-state index in [4.69, 9.17) is 0 Å². The molecule has 6 heteroatoms. The predicted octanol–water partition coefficient (Wildman–Crippen LogP) is 4.36. The Balaban J connectivity index is 1.57. The third-order valence-electron chi connectivity index (χ3n) is 6.47. The summed E-state index contributed by atoms with van der Waals surface area (Å²) in [5.41, 5.74) is 0.747. The zero-order chi connectivity index (χ0) is 22.9. The fourth-order valence-electron chi connectivity index (χ4n) is 5.57. The van der Waals surface area contributed by atoms with Crippen molar-refractivity contribution in [3.05, 3.63) is 66.2 Å². The predicted molar refractivity (Wildman–Crippen MR) is 124 cm³/mol. The van der Waals surface area contributed by atoms with E-state index in [0.29, 0.717) is 25.3 Å². The zero-order valence-corrected chi connectivity index (χ0v) is 19.0.